The minimum Gasteiger partial charge on any atom is -0.311 e. The van der Waals surface area contributed by atoms with Gasteiger partial charge >= 0.3 is 0 Å². The van der Waals surface area contributed by atoms with Crippen LogP contribution in [0.2, 0.25) is 10.0 Å². The molecule has 4 heteroatoms. The Kier molecular flexibility index (Phi) is 7.40. The third kappa shape index (κ3) is 4.62. The van der Waals surface area contributed by atoms with Gasteiger partial charge < -0.3 is 5.32 Å². The van der Waals surface area contributed by atoms with Gasteiger partial charge in [0.15, 0.2) is 0 Å². The Bertz CT molecular complexity index is 364. The molecular weight excluding hydrogens is 289 g/mol. The zero-order valence-electron chi connectivity index (χ0n) is 10.8. The first kappa shape index (κ1) is 16.1. The van der Waals surface area contributed by atoms with Crippen molar-refractivity contribution in [3.05, 3.63) is 33.8 Å². The molecule has 18 heavy (non-hydrogen) atoms. The van der Waals surface area contributed by atoms with E-state index in [1.807, 2.05) is 12.1 Å². The Balaban J connectivity index is 2.44. The highest BCUT2D eigenvalue weighted by atomic mass is 35.5. The highest BCUT2D eigenvalue weighted by Crippen LogP contribution is 2.25. The minimum atomic E-state index is 0.165. The van der Waals surface area contributed by atoms with Gasteiger partial charge in [-0.25, -0.2) is 0 Å². The third-order valence-corrected chi connectivity index (χ3v) is 4.62. The van der Waals surface area contributed by atoms with Crippen molar-refractivity contribution in [2.75, 3.05) is 6.54 Å². The van der Waals surface area contributed by atoms with Gasteiger partial charge in [0.2, 0.25) is 0 Å². The first-order valence-electron chi connectivity index (χ1n) is 6.37. The van der Waals surface area contributed by atoms with E-state index in [1.165, 1.54) is 0 Å². The number of rotatable bonds is 7. The predicted octanol–water partition coefficient (Wildman–Crippen LogP) is 5.13. The van der Waals surface area contributed by atoms with Crippen molar-refractivity contribution >= 4 is 34.8 Å². The maximum Gasteiger partial charge on any atom is 0.0637 e. The lowest BCUT2D eigenvalue weighted by atomic mass is 9.99. The quantitative estimate of drug-likeness (QED) is 0.689. The number of halogens is 3. The van der Waals surface area contributed by atoms with Crippen LogP contribution in [0.5, 0.6) is 0 Å². The highest BCUT2D eigenvalue weighted by molar-refractivity contribution is 6.42. The second-order valence-corrected chi connectivity index (χ2v) is 5.78. The van der Waals surface area contributed by atoms with Gasteiger partial charge in [0.05, 0.1) is 10.0 Å². The van der Waals surface area contributed by atoms with Crippen molar-refractivity contribution in [2.45, 2.75) is 38.6 Å². The van der Waals surface area contributed by atoms with Crippen molar-refractivity contribution in [1.29, 1.82) is 0 Å². The molecule has 0 aliphatic heterocycles. The minimum absolute atomic E-state index is 0.165. The SMILES string of the molecule is CCC(CC)C(Cl)CNCc1cccc(Cl)c1Cl. The monoisotopic (exact) mass is 307 g/mol. The van der Waals surface area contributed by atoms with Gasteiger partial charge in [0.25, 0.3) is 0 Å². The average Bonchev–Trinajstić information content (AvgIpc) is 2.36. The van der Waals surface area contributed by atoms with Crippen LogP contribution in [-0.4, -0.2) is 11.9 Å². The predicted molar refractivity (Wildman–Crippen MR) is 81.9 cm³/mol. The number of alkyl halides is 1. The molecule has 0 aromatic heterocycles. The molecule has 0 saturated carbocycles. The maximum absolute atomic E-state index is 6.36. The average molecular weight is 309 g/mol. The fourth-order valence-electron chi connectivity index (χ4n) is 2.00. The number of hydrogen-bond donors (Lipinski definition) is 1. The molecule has 1 N–H and O–H groups in total. The van der Waals surface area contributed by atoms with E-state index in [9.17, 15) is 0 Å². The Morgan fingerprint density at radius 1 is 1.17 bits per heavy atom. The van der Waals surface area contributed by atoms with Crippen LogP contribution in [0.3, 0.4) is 0 Å². The molecule has 1 nitrogen and oxygen atoms in total. The molecule has 102 valence electrons. The van der Waals surface area contributed by atoms with E-state index < -0.39 is 0 Å². The van der Waals surface area contributed by atoms with Crippen LogP contribution < -0.4 is 5.32 Å². The lowest BCUT2D eigenvalue weighted by Crippen LogP contribution is -2.28. The lowest BCUT2D eigenvalue weighted by molar-refractivity contribution is 0.446. The van der Waals surface area contributed by atoms with E-state index in [2.05, 4.69) is 19.2 Å². The molecule has 0 saturated heterocycles. The molecule has 0 spiro atoms. The molecule has 0 amide bonds. The largest absolute Gasteiger partial charge is 0.311 e. The summed E-state index contributed by atoms with van der Waals surface area (Å²) in [5.74, 6) is 0.564. The van der Waals surface area contributed by atoms with Crippen LogP contribution in [0.1, 0.15) is 32.3 Å². The standard InChI is InChI=1S/C14H20Cl3N/c1-3-10(4-2)13(16)9-18-8-11-6-5-7-12(15)14(11)17/h5-7,10,13,18H,3-4,8-9H2,1-2H3. The first-order valence-corrected chi connectivity index (χ1v) is 7.57. The summed E-state index contributed by atoms with van der Waals surface area (Å²) in [7, 11) is 0. The smallest absolute Gasteiger partial charge is 0.0637 e. The fraction of sp³-hybridized carbons (Fsp3) is 0.571. The summed E-state index contributed by atoms with van der Waals surface area (Å²) < 4.78 is 0. The van der Waals surface area contributed by atoms with Crippen LogP contribution in [-0.2, 0) is 6.54 Å². The van der Waals surface area contributed by atoms with Crippen molar-refractivity contribution < 1.29 is 0 Å². The molecule has 0 fully saturated rings. The lowest BCUT2D eigenvalue weighted by Gasteiger charge is -2.19. The Morgan fingerprint density at radius 3 is 2.44 bits per heavy atom. The summed E-state index contributed by atoms with van der Waals surface area (Å²) in [6, 6.07) is 5.67. The summed E-state index contributed by atoms with van der Waals surface area (Å²) >= 11 is 18.4. The van der Waals surface area contributed by atoms with Gasteiger partial charge in [-0.3, -0.25) is 0 Å². The van der Waals surface area contributed by atoms with Crippen LogP contribution in [0.15, 0.2) is 18.2 Å². The second-order valence-electron chi connectivity index (χ2n) is 4.44. The zero-order valence-corrected chi connectivity index (χ0v) is 13.1. The Morgan fingerprint density at radius 2 is 1.83 bits per heavy atom. The van der Waals surface area contributed by atoms with Gasteiger partial charge in [0.1, 0.15) is 0 Å². The molecular formula is C14H20Cl3N. The van der Waals surface area contributed by atoms with Gasteiger partial charge in [0, 0.05) is 18.5 Å². The highest BCUT2D eigenvalue weighted by Gasteiger charge is 2.15. The van der Waals surface area contributed by atoms with Gasteiger partial charge in [-0.05, 0) is 17.5 Å². The summed E-state index contributed by atoms with van der Waals surface area (Å²) in [5, 5.41) is 4.73. The second kappa shape index (κ2) is 8.27. The Hall–Kier alpha value is 0.0500. The molecule has 1 rings (SSSR count). The molecule has 1 aromatic rings. The molecule has 0 aliphatic carbocycles. The van der Waals surface area contributed by atoms with Crippen LogP contribution in [0, 0.1) is 5.92 Å². The van der Waals surface area contributed by atoms with E-state index in [-0.39, 0.29) is 5.38 Å². The molecule has 1 aromatic carbocycles. The van der Waals surface area contributed by atoms with E-state index in [4.69, 9.17) is 34.8 Å². The van der Waals surface area contributed by atoms with Gasteiger partial charge in [-0.1, -0.05) is 62.0 Å². The summed E-state index contributed by atoms with van der Waals surface area (Å²) in [5.41, 5.74) is 1.01. The van der Waals surface area contributed by atoms with Crippen molar-refractivity contribution in [1.82, 2.24) is 5.32 Å². The summed E-state index contributed by atoms with van der Waals surface area (Å²) in [4.78, 5) is 0. The van der Waals surface area contributed by atoms with Gasteiger partial charge in [-0.15, -0.1) is 11.6 Å². The molecule has 1 unspecified atom stereocenters. The third-order valence-electron chi connectivity index (χ3n) is 3.25. The first-order chi connectivity index (χ1) is 8.60. The van der Waals surface area contributed by atoms with Gasteiger partial charge in [-0.2, -0.15) is 0 Å². The number of benzene rings is 1. The van der Waals surface area contributed by atoms with E-state index in [1.54, 1.807) is 6.07 Å². The summed E-state index contributed by atoms with van der Waals surface area (Å²) in [6.45, 7) is 5.84. The Labute approximate surface area is 125 Å². The van der Waals surface area contributed by atoms with Crippen molar-refractivity contribution in [3.8, 4) is 0 Å². The van der Waals surface area contributed by atoms with E-state index in [0.29, 0.717) is 22.5 Å². The van der Waals surface area contributed by atoms with E-state index >= 15 is 0 Å². The summed E-state index contributed by atoms with van der Waals surface area (Å²) in [6.07, 6.45) is 2.23. The zero-order chi connectivity index (χ0) is 13.5. The van der Waals surface area contributed by atoms with Crippen molar-refractivity contribution in [2.24, 2.45) is 5.92 Å². The number of hydrogen-bond acceptors (Lipinski definition) is 1. The molecule has 0 heterocycles. The maximum atomic E-state index is 6.36. The fourth-order valence-corrected chi connectivity index (χ4v) is 2.85. The van der Waals surface area contributed by atoms with E-state index in [0.717, 1.165) is 24.9 Å². The molecule has 0 radical (unpaired) electrons. The number of nitrogens with one attached hydrogen (secondary N) is 1. The molecule has 0 bridgehead atoms. The van der Waals surface area contributed by atoms with Crippen LogP contribution in [0.4, 0.5) is 0 Å². The van der Waals surface area contributed by atoms with Crippen LogP contribution in [0.25, 0.3) is 0 Å². The topological polar surface area (TPSA) is 12.0 Å². The molecule has 1 atom stereocenters. The van der Waals surface area contributed by atoms with Crippen molar-refractivity contribution in [3.63, 3.8) is 0 Å². The van der Waals surface area contributed by atoms with Crippen LogP contribution >= 0.6 is 34.8 Å². The normalized spacial score (nSPS) is 13.0. The molecule has 0 aliphatic rings.